The first-order valence-electron chi connectivity index (χ1n) is 5.23. The maximum atomic E-state index is 12.7. The van der Waals surface area contributed by atoms with Gasteiger partial charge in [0.2, 0.25) is 0 Å². The fourth-order valence-corrected chi connectivity index (χ4v) is 2.58. The Morgan fingerprint density at radius 3 is 1.28 bits per heavy atom. The zero-order valence-electron chi connectivity index (χ0n) is 9.35. The molecule has 0 unspecified atom stereocenters. The molecule has 0 saturated heterocycles. The molecule has 0 bridgehead atoms. The van der Waals surface area contributed by atoms with Gasteiger partial charge in [0.25, 0.3) is 0 Å². The van der Waals surface area contributed by atoms with Gasteiger partial charge >= 0.3 is 0 Å². The Labute approximate surface area is 113 Å². The van der Waals surface area contributed by atoms with E-state index in [0.717, 1.165) is 9.79 Å². The van der Waals surface area contributed by atoms with E-state index < -0.39 is 0 Å². The van der Waals surface area contributed by atoms with Gasteiger partial charge in [-0.15, -0.1) is 0 Å². The van der Waals surface area contributed by atoms with Crippen LogP contribution >= 0.6 is 23.5 Å². The van der Waals surface area contributed by atoms with E-state index >= 15 is 0 Å². The van der Waals surface area contributed by atoms with Gasteiger partial charge in [-0.25, -0.2) is 8.78 Å². The molecule has 0 N–H and O–H groups in total. The fraction of sp³-hybridized carbons (Fsp3) is 0. The van der Waals surface area contributed by atoms with E-state index in [-0.39, 0.29) is 11.6 Å². The Morgan fingerprint density at radius 2 is 0.944 bits per heavy atom. The lowest BCUT2D eigenvalue weighted by Gasteiger charge is -1.96. The topological polar surface area (TPSA) is 0 Å². The molecule has 0 atom stereocenters. The first kappa shape index (κ1) is 13.2. The van der Waals surface area contributed by atoms with E-state index in [9.17, 15) is 8.78 Å². The molecule has 0 radical (unpaired) electrons. The number of benzene rings is 2. The SMILES string of the molecule is Fc1ccc(S/C=C\Sc2ccc(F)cc2)cc1. The van der Waals surface area contributed by atoms with Gasteiger partial charge < -0.3 is 0 Å². The molecule has 0 saturated carbocycles. The van der Waals surface area contributed by atoms with Gasteiger partial charge in [0, 0.05) is 9.79 Å². The maximum Gasteiger partial charge on any atom is 0.123 e. The highest BCUT2D eigenvalue weighted by molar-refractivity contribution is 8.05. The van der Waals surface area contributed by atoms with Crippen LogP contribution in [0, 0.1) is 11.6 Å². The second-order valence-corrected chi connectivity index (χ2v) is 5.37. The summed E-state index contributed by atoms with van der Waals surface area (Å²) in [6.07, 6.45) is 0. The standard InChI is InChI=1S/C14H10F2S2/c15-11-1-5-13(6-2-11)17-9-10-18-14-7-3-12(16)4-8-14/h1-10H/b10-9-. The van der Waals surface area contributed by atoms with Crippen LogP contribution in [0.5, 0.6) is 0 Å². The second-order valence-electron chi connectivity index (χ2n) is 3.42. The quantitative estimate of drug-likeness (QED) is 0.695. The highest BCUT2D eigenvalue weighted by Crippen LogP contribution is 2.24. The minimum Gasteiger partial charge on any atom is -0.207 e. The Morgan fingerprint density at radius 1 is 0.611 bits per heavy atom. The zero-order valence-corrected chi connectivity index (χ0v) is 11.0. The molecule has 92 valence electrons. The van der Waals surface area contributed by atoms with Crippen LogP contribution in [0.3, 0.4) is 0 Å². The number of thioether (sulfide) groups is 2. The van der Waals surface area contributed by atoms with Gasteiger partial charge in [-0.05, 0) is 59.3 Å². The first-order chi connectivity index (χ1) is 8.74. The molecule has 0 heterocycles. The third-order valence-corrected chi connectivity index (χ3v) is 3.90. The van der Waals surface area contributed by atoms with Crippen molar-refractivity contribution in [2.75, 3.05) is 0 Å². The minimum atomic E-state index is -0.232. The predicted octanol–water partition coefficient (Wildman–Crippen LogP) is 5.32. The zero-order chi connectivity index (χ0) is 12.8. The maximum absolute atomic E-state index is 12.7. The van der Waals surface area contributed by atoms with Gasteiger partial charge in [-0.1, -0.05) is 23.5 Å². The van der Waals surface area contributed by atoms with Crippen molar-refractivity contribution in [3.05, 3.63) is 71.0 Å². The number of hydrogen-bond donors (Lipinski definition) is 0. The van der Waals surface area contributed by atoms with Crippen molar-refractivity contribution in [3.63, 3.8) is 0 Å². The Kier molecular flexibility index (Phi) is 4.84. The molecule has 0 fully saturated rings. The number of rotatable bonds is 4. The van der Waals surface area contributed by atoms with Crippen LogP contribution in [0.2, 0.25) is 0 Å². The molecular formula is C14H10F2S2. The molecule has 4 heteroatoms. The van der Waals surface area contributed by atoms with Crippen molar-refractivity contribution < 1.29 is 8.78 Å². The fourth-order valence-electron chi connectivity index (χ4n) is 1.24. The Bertz CT molecular complexity index is 469. The summed E-state index contributed by atoms with van der Waals surface area (Å²) in [7, 11) is 0. The molecule has 0 aliphatic heterocycles. The molecule has 2 aromatic carbocycles. The minimum absolute atomic E-state index is 0.232. The summed E-state index contributed by atoms with van der Waals surface area (Å²) in [5.41, 5.74) is 0. The smallest absolute Gasteiger partial charge is 0.123 e. The number of hydrogen-bond acceptors (Lipinski definition) is 2. The number of halogens is 2. The molecule has 2 aromatic rings. The molecular weight excluding hydrogens is 270 g/mol. The van der Waals surface area contributed by atoms with Crippen molar-refractivity contribution in [1.29, 1.82) is 0 Å². The van der Waals surface area contributed by atoms with E-state index in [1.165, 1.54) is 47.8 Å². The molecule has 0 aliphatic rings. The highest BCUT2D eigenvalue weighted by Gasteiger charge is 1.93. The van der Waals surface area contributed by atoms with E-state index in [1.54, 1.807) is 24.3 Å². The molecule has 18 heavy (non-hydrogen) atoms. The molecule has 0 aromatic heterocycles. The second kappa shape index (κ2) is 6.61. The van der Waals surface area contributed by atoms with Crippen molar-refractivity contribution >= 4 is 23.5 Å². The molecule has 0 spiro atoms. The summed E-state index contributed by atoms with van der Waals surface area (Å²) in [5, 5.41) is 3.84. The predicted molar refractivity (Wildman–Crippen MR) is 73.7 cm³/mol. The summed E-state index contributed by atoms with van der Waals surface area (Å²) in [5.74, 6) is -0.465. The average Bonchev–Trinajstić information content (AvgIpc) is 2.39. The van der Waals surface area contributed by atoms with Gasteiger partial charge in [-0.3, -0.25) is 0 Å². The largest absolute Gasteiger partial charge is 0.207 e. The highest BCUT2D eigenvalue weighted by atomic mass is 32.2. The van der Waals surface area contributed by atoms with Gasteiger partial charge in [-0.2, -0.15) is 0 Å². The lowest BCUT2D eigenvalue weighted by atomic mass is 10.4. The van der Waals surface area contributed by atoms with E-state index in [4.69, 9.17) is 0 Å². The summed E-state index contributed by atoms with van der Waals surface area (Å²) in [6, 6.07) is 12.7. The van der Waals surface area contributed by atoms with E-state index in [2.05, 4.69) is 0 Å². The first-order valence-corrected chi connectivity index (χ1v) is 6.99. The molecule has 0 amide bonds. The van der Waals surface area contributed by atoms with Gasteiger partial charge in [0.15, 0.2) is 0 Å². The average molecular weight is 280 g/mol. The molecule has 2 rings (SSSR count). The van der Waals surface area contributed by atoms with Crippen molar-refractivity contribution in [2.24, 2.45) is 0 Å². The van der Waals surface area contributed by atoms with E-state index in [1.807, 2.05) is 10.8 Å². The van der Waals surface area contributed by atoms with Crippen LogP contribution in [-0.4, -0.2) is 0 Å². The third-order valence-electron chi connectivity index (χ3n) is 2.09. The summed E-state index contributed by atoms with van der Waals surface area (Å²) < 4.78 is 25.3. The normalized spacial score (nSPS) is 11.0. The lowest BCUT2D eigenvalue weighted by molar-refractivity contribution is 0.626. The Hall–Kier alpha value is -1.26. The summed E-state index contributed by atoms with van der Waals surface area (Å²) in [4.78, 5) is 1.96. The summed E-state index contributed by atoms with van der Waals surface area (Å²) in [6.45, 7) is 0. The van der Waals surface area contributed by atoms with E-state index in [0.29, 0.717) is 0 Å². The molecule has 0 nitrogen and oxygen atoms in total. The van der Waals surface area contributed by atoms with Crippen LogP contribution < -0.4 is 0 Å². The van der Waals surface area contributed by atoms with Crippen LogP contribution in [0.25, 0.3) is 0 Å². The van der Waals surface area contributed by atoms with Gasteiger partial charge in [0.1, 0.15) is 11.6 Å². The van der Waals surface area contributed by atoms with Crippen LogP contribution in [0.15, 0.2) is 69.1 Å². The third kappa shape index (κ3) is 4.20. The van der Waals surface area contributed by atoms with Crippen LogP contribution in [0.1, 0.15) is 0 Å². The molecule has 0 aliphatic carbocycles. The van der Waals surface area contributed by atoms with Gasteiger partial charge in [0.05, 0.1) is 0 Å². The lowest BCUT2D eigenvalue weighted by Crippen LogP contribution is -1.72. The van der Waals surface area contributed by atoms with Crippen molar-refractivity contribution in [1.82, 2.24) is 0 Å². The summed E-state index contributed by atoms with van der Waals surface area (Å²) >= 11 is 3.02. The Balaban J connectivity index is 1.85. The monoisotopic (exact) mass is 280 g/mol. The van der Waals surface area contributed by atoms with Crippen LogP contribution in [-0.2, 0) is 0 Å². The van der Waals surface area contributed by atoms with Crippen LogP contribution in [0.4, 0.5) is 8.78 Å². The van der Waals surface area contributed by atoms with Crippen molar-refractivity contribution in [2.45, 2.75) is 9.79 Å². The van der Waals surface area contributed by atoms with Crippen molar-refractivity contribution in [3.8, 4) is 0 Å².